The fraction of sp³-hybridized carbons (Fsp3) is 0.214. The molecule has 0 saturated carbocycles. The van der Waals surface area contributed by atoms with Crippen LogP contribution in [-0.4, -0.2) is 32.7 Å². The van der Waals surface area contributed by atoms with E-state index in [9.17, 15) is 0 Å². The molecule has 1 aliphatic rings. The number of pyridine rings is 2. The molecule has 7 rings (SSSR count). The number of aromatic nitrogens is 3. The lowest BCUT2D eigenvalue weighted by atomic mass is 9.78. The van der Waals surface area contributed by atoms with Crippen LogP contribution in [0.1, 0.15) is 27.7 Å². The predicted molar refractivity (Wildman–Crippen MR) is 139 cm³/mol. The standard InChI is InChI=1S/C28H24BN3O2/c1-27(2)28(3,4)34-29(33-27)18-13-14-19-24(16-18)32-23-12-8-7-11-22(23)31-26(32)20-15-17-9-5-6-10-21(17)30-25(19)20/h5-16H,1-4H3. The van der Waals surface area contributed by atoms with Crippen molar-refractivity contribution in [1.82, 2.24) is 14.4 Å². The summed E-state index contributed by atoms with van der Waals surface area (Å²) in [4.78, 5) is 10.1. The second-order valence-corrected chi connectivity index (χ2v) is 10.2. The Balaban J connectivity index is 1.60. The number of benzene rings is 3. The molecule has 5 nitrogen and oxygen atoms in total. The highest BCUT2D eigenvalue weighted by Gasteiger charge is 2.51. The zero-order valence-electron chi connectivity index (χ0n) is 19.7. The Labute approximate surface area is 197 Å². The van der Waals surface area contributed by atoms with Gasteiger partial charge in [0, 0.05) is 16.2 Å². The van der Waals surface area contributed by atoms with Crippen molar-refractivity contribution in [1.29, 1.82) is 0 Å². The van der Waals surface area contributed by atoms with Crippen molar-refractivity contribution >= 4 is 62.0 Å². The van der Waals surface area contributed by atoms with E-state index >= 15 is 0 Å². The first-order chi connectivity index (χ1) is 16.3. The van der Waals surface area contributed by atoms with Crippen LogP contribution in [0.2, 0.25) is 0 Å². The fourth-order valence-corrected chi connectivity index (χ4v) is 5.00. The molecule has 4 heterocycles. The summed E-state index contributed by atoms with van der Waals surface area (Å²) in [7, 11) is -0.431. The van der Waals surface area contributed by atoms with E-state index in [1.54, 1.807) is 0 Å². The highest BCUT2D eigenvalue weighted by atomic mass is 16.7. The van der Waals surface area contributed by atoms with Crippen molar-refractivity contribution in [2.75, 3.05) is 0 Å². The van der Waals surface area contributed by atoms with Crippen LogP contribution in [0.4, 0.5) is 0 Å². The van der Waals surface area contributed by atoms with Gasteiger partial charge in [-0.1, -0.05) is 42.5 Å². The molecule has 1 fully saturated rings. The molecule has 0 radical (unpaired) electrons. The molecule has 34 heavy (non-hydrogen) atoms. The Morgan fingerprint density at radius 1 is 0.706 bits per heavy atom. The summed E-state index contributed by atoms with van der Waals surface area (Å²) in [5, 5.41) is 3.24. The van der Waals surface area contributed by atoms with Crippen LogP contribution in [0.25, 0.3) is 49.4 Å². The molecule has 166 valence electrons. The van der Waals surface area contributed by atoms with Gasteiger partial charge in [0.2, 0.25) is 0 Å². The second kappa shape index (κ2) is 6.56. The molecule has 0 aliphatic carbocycles. The summed E-state index contributed by atoms with van der Waals surface area (Å²) < 4.78 is 15.0. The van der Waals surface area contributed by atoms with Crippen molar-refractivity contribution in [2.45, 2.75) is 38.9 Å². The summed E-state index contributed by atoms with van der Waals surface area (Å²) in [6.45, 7) is 8.33. The van der Waals surface area contributed by atoms with Crippen molar-refractivity contribution in [3.8, 4) is 0 Å². The van der Waals surface area contributed by atoms with Crippen molar-refractivity contribution < 1.29 is 9.31 Å². The first-order valence-electron chi connectivity index (χ1n) is 11.7. The highest BCUT2D eigenvalue weighted by molar-refractivity contribution is 6.62. The number of rotatable bonds is 1. The van der Waals surface area contributed by atoms with Crippen molar-refractivity contribution in [3.63, 3.8) is 0 Å². The van der Waals surface area contributed by atoms with Gasteiger partial charge in [-0.15, -0.1) is 0 Å². The molecule has 6 aromatic rings. The summed E-state index contributed by atoms with van der Waals surface area (Å²) >= 11 is 0. The van der Waals surface area contributed by atoms with Gasteiger partial charge in [-0.3, -0.25) is 4.40 Å². The van der Waals surface area contributed by atoms with Gasteiger partial charge in [0.15, 0.2) is 0 Å². The summed E-state index contributed by atoms with van der Waals surface area (Å²) in [6, 6.07) is 25.2. The molecule has 3 aromatic heterocycles. The number of hydrogen-bond donors (Lipinski definition) is 0. The van der Waals surface area contributed by atoms with E-state index in [0.717, 1.165) is 54.9 Å². The van der Waals surface area contributed by atoms with E-state index in [0.29, 0.717) is 0 Å². The topological polar surface area (TPSA) is 48.7 Å². The largest absolute Gasteiger partial charge is 0.494 e. The lowest BCUT2D eigenvalue weighted by molar-refractivity contribution is 0.00578. The van der Waals surface area contributed by atoms with E-state index < -0.39 is 18.3 Å². The van der Waals surface area contributed by atoms with E-state index in [1.165, 1.54) is 0 Å². The quantitative estimate of drug-likeness (QED) is 0.187. The van der Waals surface area contributed by atoms with Crippen molar-refractivity contribution in [2.24, 2.45) is 0 Å². The minimum atomic E-state index is -0.431. The van der Waals surface area contributed by atoms with Crippen molar-refractivity contribution in [3.05, 3.63) is 72.8 Å². The Bertz CT molecular complexity index is 1770. The summed E-state index contributed by atoms with van der Waals surface area (Å²) in [6.07, 6.45) is 0. The Morgan fingerprint density at radius 3 is 2.21 bits per heavy atom. The summed E-state index contributed by atoms with van der Waals surface area (Å²) in [5.74, 6) is 0. The maximum absolute atomic E-state index is 6.36. The fourth-order valence-electron chi connectivity index (χ4n) is 5.00. The lowest BCUT2D eigenvalue weighted by Crippen LogP contribution is -2.41. The average molecular weight is 445 g/mol. The average Bonchev–Trinajstić information content (AvgIpc) is 3.32. The molecule has 6 heteroatoms. The van der Waals surface area contributed by atoms with E-state index in [1.807, 2.05) is 18.2 Å². The predicted octanol–water partition coefficient (Wildman–Crippen LogP) is 5.64. The van der Waals surface area contributed by atoms with Crippen LogP contribution in [0.3, 0.4) is 0 Å². The molecule has 0 atom stereocenters. The minimum absolute atomic E-state index is 0.395. The van der Waals surface area contributed by atoms with Gasteiger partial charge in [-0.25, -0.2) is 9.97 Å². The van der Waals surface area contributed by atoms with E-state index in [2.05, 4.69) is 86.7 Å². The highest BCUT2D eigenvalue weighted by Crippen LogP contribution is 2.37. The molecule has 0 amide bonds. The van der Waals surface area contributed by atoms with Gasteiger partial charge in [0.05, 0.1) is 38.8 Å². The monoisotopic (exact) mass is 445 g/mol. The zero-order chi connectivity index (χ0) is 23.2. The number of imidazole rings is 1. The van der Waals surface area contributed by atoms with Gasteiger partial charge < -0.3 is 9.31 Å². The minimum Gasteiger partial charge on any atom is -0.399 e. The molecule has 1 saturated heterocycles. The van der Waals surface area contributed by atoms with E-state index in [-0.39, 0.29) is 0 Å². The third-order valence-corrected chi connectivity index (χ3v) is 7.57. The van der Waals surface area contributed by atoms with Crippen LogP contribution >= 0.6 is 0 Å². The number of nitrogens with zero attached hydrogens (tertiary/aromatic N) is 3. The first-order valence-corrected chi connectivity index (χ1v) is 11.7. The van der Waals surface area contributed by atoms with Crippen LogP contribution in [0.5, 0.6) is 0 Å². The molecule has 0 spiro atoms. The lowest BCUT2D eigenvalue weighted by Gasteiger charge is -2.32. The molecule has 0 bridgehead atoms. The Kier molecular flexibility index (Phi) is 3.85. The molecule has 0 N–H and O–H groups in total. The number of para-hydroxylation sites is 3. The first kappa shape index (κ1) is 19.9. The Hall–Kier alpha value is -3.48. The molecular formula is C28H24BN3O2. The van der Waals surface area contributed by atoms with Crippen LogP contribution in [0.15, 0.2) is 72.8 Å². The van der Waals surface area contributed by atoms with Crippen LogP contribution in [0, 0.1) is 0 Å². The van der Waals surface area contributed by atoms with Crippen LogP contribution in [-0.2, 0) is 9.31 Å². The van der Waals surface area contributed by atoms with Gasteiger partial charge >= 0.3 is 7.12 Å². The summed E-state index contributed by atoms with van der Waals surface area (Å²) in [5.41, 5.74) is 6.13. The normalized spacial score (nSPS) is 17.6. The van der Waals surface area contributed by atoms with Gasteiger partial charge in [0.25, 0.3) is 0 Å². The molecule has 1 aliphatic heterocycles. The molecular weight excluding hydrogens is 421 g/mol. The van der Waals surface area contributed by atoms with Gasteiger partial charge in [-0.2, -0.15) is 0 Å². The van der Waals surface area contributed by atoms with E-state index in [4.69, 9.17) is 19.3 Å². The zero-order valence-corrected chi connectivity index (χ0v) is 19.7. The van der Waals surface area contributed by atoms with Gasteiger partial charge in [0.1, 0.15) is 5.65 Å². The van der Waals surface area contributed by atoms with Crippen LogP contribution < -0.4 is 5.46 Å². The number of fused-ring (bicyclic) bond motifs is 9. The molecule has 3 aromatic carbocycles. The smallest absolute Gasteiger partial charge is 0.399 e. The Morgan fingerprint density at radius 2 is 1.41 bits per heavy atom. The number of hydrogen-bond acceptors (Lipinski definition) is 4. The van der Waals surface area contributed by atoms with Gasteiger partial charge in [-0.05, 0) is 63.5 Å². The maximum atomic E-state index is 6.36. The maximum Gasteiger partial charge on any atom is 0.494 e. The third-order valence-electron chi connectivity index (χ3n) is 7.57. The SMILES string of the molecule is CC1(C)OB(c2ccc3c4nc5ccccc5cc4c4nc5ccccc5n4c3c2)OC1(C)C. The second-order valence-electron chi connectivity index (χ2n) is 10.2. The molecule has 0 unspecified atom stereocenters. The third kappa shape index (κ3) is 2.64.